The second-order valence-electron chi connectivity index (χ2n) is 4.22. The van der Waals surface area contributed by atoms with Crippen LogP contribution in [0.25, 0.3) is 10.9 Å². The summed E-state index contributed by atoms with van der Waals surface area (Å²) in [4.78, 5) is 0. The molecule has 2 aromatic rings. The number of hydrogen-bond acceptors (Lipinski definition) is 4. The van der Waals surface area contributed by atoms with E-state index >= 15 is 0 Å². The monoisotopic (exact) mass is 282 g/mol. The highest BCUT2D eigenvalue weighted by Gasteiger charge is 2.25. The van der Waals surface area contributed by atoms with Gasteiger partial charge in [0.2, 0.25) is 0 Å². The average molecular weight is 282 g/mol. The van der Waals surface area contributed by atoms with Crippen LogP contribution >= 0.6 is 7.60 Å². The number of nitrogens with zero attached hydrogens (tertiary/aromatic N) is 2. The maximum atomic E-state index is 12.6. The van der Waals surface area contributed by atoms with Gasteiger partial charge in [0.15, 0.2) is 0 Å². The number of benzene rings is 1. The molecular weight excluding hydrogens is 263 g/mol. The minimum atomic E-state index is -3.07. The molecule has 5 nitrogen and oxygen atoms in total. The van der Waals surface area contributed by atoms with Crippen LogP contribution in [0, 0.1) is 0 Å². The largest absolute Gasteiger partial charge is 0.335 e. The Labute approximate surface area is 113 Å². The van der Waals surface area contributed by atoms with Gasteiger partial charge < -0.3 is 9.05 Å². The number of fused-ring (bicyclic) bond motifs is 1. The van der Waals surface area contributed by atoms with E-state index < -0.39 is 7.60 Å². The molecule has 0 N–H and O–H groups in total. The highest BCUT2D eigenvalue weighted by atomic mass is 31.2. The van der Waals surface area contributed by atoms with E-state index in [0.29, 0.717) is 13.2 Å². The molecule has 19 heavy (non-hydrogen) atoms. The summed E-state index contributed by atoms with van der Waals surface area (Å²) in [7, 11) is -1.19. The van der Waals surface area contributed by atoms with Crippen molar-refractivity contribution in [3.8, 4) is 0 Å². The Morgan fingerprint density at radius 2 is 1.95 bits per heavy atom. The highest BCUT2D eigenvalue weighted by molar-refractivity contribution is 7.53. The van der Waals surface area contributed by atoms with E-state index in [-0.39, 0.29) is 6.16 Å². The summed E-state index contributed by atoms with van der Waals surface area (Å²) < 4.78 is 25.0. The first-order chi connectivity index (χ1) is 9.09. The maximum absolute atomic E-state index is 12.6. The van der Waals surface area contributed by atoms with E-state index in [0.717, 1.165) is 16.5 Å². The molecule has 0 radical (unpaired) electrons. The van der Waals surface area contributed by atoms with Crippen LogP contribution in [0.1, 0.15) is 19.4 Å². The Bertz CT molecular complexity index is 599. The number of aromatic nitrogens is 2. The second kappa shape index (κ2) is 5.87. The fraction of sp³-hybridized carbons (Fsp3) is 0.462. The zero-order valence-electron chi connectivity index (χ0n) is 11.5. The minimum Gasteiger partial charge on any atom is -0.309 e. The van der Waals surface area contributed by atoms with Gasteiger partial charge in [-0.15, -0.1) is 0 Å². The Kier molecular flexibility index (Phi) is 4.40. The fourth-order valence-corrected chi connectivity index (χ4v) is 3.84. The highest BCUT2D eigenvalue weighted by Crippen LogP contribution is 2.51. The molecule has 0 saturated heterocycles. The molecule has 104 valence electrons. The summed E-state index contributed by atoms with van der Waals surface area (Å²) in [6.45, 7) is 4.38. The van der Waals surface area contributed by atoms with Crippen LogP contribution in [0.5, 0.6) is 0 Å². The van der Waals surface area contributed by atoms with Crippen molar-refractivity contribution >= 4 is 18.5 Å². The molecule has 1 aromatic carbocycles. The third kappa shape index (κ3) is 3.06. The van der Waals surface area contributed by atoms with Gasteiger partial charge in [-0.3, -0.25) is 9.25 Å². The zero-order valence-corrected chi connectivity index (χ0v) is 12.4. The molecule has 0 saturated carbocycles. The summed E-state index contributed by atoms with van der Waals surface area (Å²) >= 11 is 0. The van der Waals surface area contributed by atoms with E-state index in [2.05, 4.69) is 5.10 Å². The molecule has 6 heteroatoms. The van der Waals surface area contributed by atoms with Crippen molar-refractivity contribution in [1.82, 2.24) is 9.78 Å². The molecule has 0 aliphatic carbocycles. The fourth-order valence-electron chi connectivity index (χ4n) is 2.11. The molecule has 0 aliphatic rings. The smallest absolute Gasteiger partial charge is 0.309 e. The molecular formula is C13H19N2O3P. The normalized spacial score (nSPS) is 12.2. The van der Waals surface area contributed by atoms with Crippen molar-refractivity contribution in [1.29, 1.82) is 0 Å². The number of rotatable bonds is 6. The van der Waals surface area contributed by atoms with Gasteiger partial charge in [-0.1, -0.05) is 12.1 Å². The van der Waals surface area contributed by atoms with Crippen LogP contribution in [-0.2, 0) is 26.8 Å². The Hall–Kier alpha value is -1.16. The van der Waals surface area contributed by atoms with E-state index in [4.69, 9.17) is 9.05 Å². The standard InChI is InChI=1S/C13H19N2O3P/c1-4-17-19(16,18-5-2)10-11-7-6-8-13-12(11)9-14-15(13)3/h6-9H,4-5,10H2,1-3H3. The van der Waals surface area contributed by atoms with Gasteiger partial charge in [0.1, 0.15) is 0 Å². The topological polar surface area (TPSA) is 53.3 Å². The van der Waals surface area contributed by atoms with Crippen molar-refractivity contribution in [2.45, 2.75) is 20.0 Å². The summed E-state index contributed by atoms with van der Waals surface area (Å²) in [5, 5.41) is 5.21. The predicted molar refractivity (Wildman–Crippen MR) is 75.3 cm³/mol. The van der Waals surface area contributed by atoms with Crippen LogP contribution in [0.15, 0.2) is 24.4 Å². The van der Waals surface area contributed by atoms with Gasteiger partial charge in [-0.25, -0.2) is 0 Å². The SMILES string of the molecule is CCOP(=O)(Cc1cccc2c1cnn2C)OCC. The molecule has 0 unspecified atom stereocenters. The van der Waals surface area contributed by atoms with Gasteiger partial charge in [0.25, 0.3) is 0 Å². The third-order valence-electron chi connectivity index (χ3n) is 2.90. The van der Waals surface area contributed by atoms with Gasteiger partial charge >= 0.3 is 7.60 Å². The summed E-state index contributed by atoms with van der Waals surface area (Å²) in [5.74, 6) is 0. The van der Waals surface area contributed by atoms with Gasteiger partial charge in [0.05, 0.1) is 31.1 Å². The maximum Gasteiger partial charge on any atom is 0.335 e. The van der Waals surface area contributed by atoms with Crippen molar-refractivity contribution in [2.24, 2.45) is 7.05 Å². The van der Waals surface area contributed by atoms with Gasteiger partial charge in [-0.2, -0.15) is 5.10 Å². The number of hydrogen-bond donors (Lipinski definition) is 0. The van der Waals surface area contributed by atoms with Gasteiger partial charge in [0, 0.05) is 12.4 Å². The van der Waals surface area contributed by atoms with Crippen LogP contribution in [0.3, 0.4) is 0 Å². The molecule has 1 aromatic heterocycles. The lowest BCUT2D eigenvalue weighted by Gasteiger charge is -2.17. The molecule has 0 aliphatic heterocycles. The first-order valence-electron chi connectivity index (χ1n) is 6.37. The van der Waals surface area contributed by atoms with Crippen LogP contribution in [0.2, 0.25) is 0 Å². The van der Waals surface area contributed by atoms with Crippen molar-refractivity contribution in [3.63, 3.8) is 0 Å². The second-order valence-corrected chi connectivity index (χ2v) is 6.28. The van der Waals surface area contributed by atoms with Crippen molar-refractivity contribution < 1.29 is 13.6 Å². The summed E-state index contributed by atoms with van der Waals surface area (Å²) in [6, 6.07) is 5.86. The van der Waals surface area contributed by atoms with E-state index in [1.54, 1.807) is 10.9 Å². The van der Waals surface area contributed by atoms with Crippen molar-refractivity contribution in [3.05, 3.63) is 30.0 Å². The molecule has 0 atom stereocenters. The van der Waals surface area contributed by atoms with Gasteiger partial charge in [-0.05, 0) is 25.5 Å². The third-order valence-corrected chi connectivity index (χ3v) is 4.93. The molecule has 0 amide bonds. The van der Waals surface area contributed by atoms with E-state index in [9.17, 15) is 4.57 Å². The Morgan fingerprint density at radius 1 is 1.26 bits per heavy atom. The Morgan fingerprint density at radius 3 is 2.58 bits per heavy atom. The van der Waals surface area contributed by atoms with E-state index in [1.807, 2.05) is 39.1 Å². The Balaban J connectivity index is 2.36. The van der Waals surface area contributed by atoms with Crippen LogP contribution < -0.4 is 0 Å². The lowest BCUT2D eigenvalue weighted by Crippen LogP contribution is -1.99. The lowest BCUT2D eigenvalue weighted by molar-refractivity contribution is 0.219. The molecule has 0 bridgehead atoms. The first-order valence-corrected chi connectivity index (χ1v) is 8.10. The van der Waals surface area contributed by atoms with Crippen molar-refractivity contribution in [2.75, 3.05) is 13.2 Å². The zero-order chi connectivity index (χ0) is 13.9. The molecule has 1 heterocycles. The molecule has 2 rings (SSSR count). The minimum absolute atomic E-state index is 0.276. The predicted octanol–water partition coefficient (Wildman–Crippen LogP) is 3.34. The first kappa shape index (κ1) is 14.3. The quantitative estimate of drug-likeness (QED) is 0.762. The molecule has 0 fully saturated rings. The molecule has 0 spiro atoms. The summed E-state index contributed by atoms with van der Waals surface area (Å²) in [6.07, 6.45) is 2.06. The van der Waals surface area contributed by atoms with Crippen LogP contribution in [-0.4, -0.2) is 23.0 Å². The number of aryl methyl sites for hydroxylation is 1. The summed E-state index contributed by atoms with van der Waals surface area (Å²) in [5.41, 5.74) is 1.95. The van der Waals surface area contributed by atoms with Crippen LogP contribution in [0.4, 0.5) is 0 Å². The average Bonchev–Trinajstić information content (AvgIpc) is 2.73. The van der Waals surface area contributed by atoms with E-state index in [1.165, 1.54) is 0 Å². The lowest BCUT2D eigenvalue weighted by atomic mass is 10.1.